The average Bonchev–Trinajstić information content (AvgIpc) is 3.47. The number of thiazole rings is 1. The Balaban J connectivity index is 1.41. The standard InChI is InChI=1S/C31H23BrF3N3O6S2/c1-43-20-11-6-15(12-21(20)44-2)23-24-25(28(41)38(27(24)40)19-9-7-17(32)8-10-19)45-29-26(23)46-30(42)37(29)14-22(39)36-18-5-3-4-16(13-18)31(33,34)35/h3-13,23-25H,14H2,1-2H3,(H,36,39)/t23-,24?,25?/m1/s1. The van der Waals surface area contributed by atoms with E-state index in [1.54, 1.807) is 42.5 Å². The highest BCUT2D eigenvalue weighted by atomic mass is 79.9. The molecule has 6 rings (SSSR count). The number of nitrogens with zero attached hydrogens (tertiary/aromatic N) is 2. The van der Waals surface area contributed by atoms with E-state index in [-0.39, 0.29) is 5.69 Å². The molecule has 3 heterocycles. The Kier molecular flexibility index (Phi) is 8.50. The molecule has 238 valence electrons. The number of nitrogens with one attached hydrogen (secondary N) is 1. The Bertz CT molecular complexity index is 1930. The third kappa shape index (κ3) is 5.71. The Hall–Kier alpha value is -4.08. The Labute approximate surface area is 276 Å². The summed E-state index contributed by atoms with van der Waals surface area (Å²) in [6.07, 6.45) is -4.61. The number of anilines is 2. The SMILES string of the molecule is COc1ccc([C@H]2c3sc(=O)n(CC(=O)Nc4cccc(C(F)(F)F)c4)c3SC3C(=O)N(c4ccc(Br)cc4)C(=O)C32)cc1OC. The van der Waals surface area contributed by atoms with Crippen molar-refractivity contribution in [2.24, 2.45) is 5.92 Å². The van der Waals surface area contributed by atoms with Gasteiger partial charge in [-0.2, -0.15) is 13.2 Å². The molecule has 1 saturated heterocycles. The largest absolute Gasteiger partial charge is 0.493 e. The highest BCUT2D eigenvalue weighted by molar-refractivity contribution is 9.10. The first-order chi connectivity index (χ1) is 21.9. The Morgan fingerprint density at radius 1 is 0.957 bits per heavy atom. The van der Waals surface area contributed by atoms with Crippen LogP contribution in [-0.2, 0) is 27.1 Å². The van der Waals surface area contributed by atoms with Crippen molar-refractivity contribution in [3.8, 4) is 11.5 Å². The Morgan fingerprint density at radius 2 is 1.67 bits per heavy atom. The van der Waals surface area contributed by atoms with Gasteiger partial charge in [0.2, 0.25) is 17.7 Å². The number of carbonyl (C=O) groups excluding carboxylic acids is 3. The fraction of sp³-hybridized carbons (Fsp3) is 0.226. The fourth-order valence-corrected chi connectivity index (χ4v) is 8.66. The number of carbonyl (C=O) groups is 3. The quantitative estimate of drug-likeness (QED) is 0.228. The summed E-state index contributed by atoms with van der Waals surface area (Å²) in [5, 5.41) is 1.82. The van der Waals surface area contributed by atoms with Crippen LogP contribution in [-0.4, -0.2) is 41.8 Å². The first kappa shape index (κ1) is 31.9. The molecule has 3 amide bonds. The third-order valence-corrected chi connectivity index (χ3v) is 10.8. The summed E-state index contributed by atoms with van der Waals surface area (Å²) in [6, 6.07) is 16.0. The van der Waals surface area contributed by atoms with Crippen molar-refractivity contribution in [3.63, 3.8) is 0 Å². The molecule has 9 nitrogen and oxygen atoms in total. The van der Waals surface area contributed by atoms with Gasteiger partial charge in [-0.3, -0.25) is 23.7 Å². The molecule has 3 aromatic carbocycles. The van der Waals surface area contributed by atoms with Crippen molar-refractivity contribution in [2.45, 2.75) is 28.9 Å². The van der Waals surface area contributed by atoms with Gasteiger partial charge in [0.25, 0.3) is 0 Å². The highest BCUT2D eigenvalue weighted by Gasteiger charge is 2.57. The molecule has 4 aromatic rings. The number of benzene rings is 3. The molecule has 0 bridgehead atoms. The van der Waals surface area contributed by atoms with Crippen LogP contribution in [0.1, 0.15) is 21.9 Å². The zero-order chi connectivity index (χ0) is 32.9. The lowest BCUT2D eigenvalue weighted by Gasteiger charge is -2.31. The van der Waals surface area contributed by atoms with Crippen LogP contribution >= 0.6 is 39.0 Å². The van der Waals surface area contributed by atoms with E-state index in [0.29, 0.717) is 32.7 Å². The van der Waals surface area contributed by atoms with E-state index in [2.05, 4.69) is 21.2 Å². The maximum atomic E-state index is 14.1. The van der Waals surface area contributed by atoms with Crippen molar-refractivity contribution in [1.29, 1.82) is 0 Å². The number of amides is 3. The van der Waals surface area contributed by atoms with Gasteiger partial charge >= 0.3 is 11.0 Å². The number of alkyl halides is 3. The van der Waals surface area contributed by atoms with E-state index in [1.165, 1.54) is 30.9 Å². The highest BCUT2D eigenvalue weighted by Crippen LogP contribution is 2.54. The average molecular weight is 735 g/mol. The van der Waals surface area contributed by atoms with Crippen LogP contribution in [0.4, 0.5) is 24.5 Å². The van der Waals surface area contributed by atoms with E-state index in [4.69, 9.17) is 9.47 Å². The summed E-state index contributed by atoms with van der Waals surface area (Å²) >= 11 is 5.24. The molecule has 1 N–H and O–H groups in total. The van der Waals surface area contributed by atoms with Gasteiger partial charge in [0, 0.05) is 21.0 Å². The van der Waals surface area contributed by atoms with Crippen LogP contribution in [0.25, 0.3) is 0 Å². The molecular weight excluding hydrogens is 711 g/mol. The lowest BCUT2D eigenvalue weighted by atomic mass is 9.83. The zero-order valence-electron chi connectivity index (χ0n) is 24.0. The molecule has 3 atom stereocenters. The van der Waals surface area contributed by atoms with Gasteiger partial charge < -0.3 is 14.8 Å². The molecule has 1 aromatic heterocycles. The van der Waals surface area contributed by atoms with Gasteiger partial charge in [0.05, 0.1) is 36.4 Å². The fourth-order valence-electron chi connectivity index (χ4n) is 5.62. The van der Waals surface area contributed by atoms with E-state index in [9.17, 15) is 32.3 Å². The summed E-state index contributed by atoms with van der Waals surface area (Å²) in [5.74, 6) is -2.49. The summed E-state index contributed by atoms with van der Waals surface area (Å²) in [7, 11) is 2.94. The van der Waals surface area contributed by atoms with Crippen molar-refractivity contribution in [2.75, 3.05) is 24.4 Å². The van der Waals surface area contributed by atoms with Crippen LogP contribution in [0.3, 0.4) is 0 Å². The molecule has 1 fully saturated rings. The van der Waals surface area contributed by atoms with Crippen LogP contribution in [0.5, 0.6) is 11.5 Å². The van der Waals surface area contributed by atoms with Crippen LogP contribution < -0.4 is 24.6 Å². The predicted molar refractivity (Wildman–Crippen MR) is 170 cm³/mol. The Morgan fingerprint density at radius 3 is 2.35 bits per heavy atom. The van der Waals surface area contributed by atoms with Gasteiger partial charge in [-0.25, -0.2) is 4.90 Å². The van der Waals surface area contributed by atoms with Crippen molar-refractivity contribution in [1.82, 2.24) is 4.57 Å². The lowest BCUT2D eigenvalue weighted by Crippen LogP contribution is -2.33. The molecule has 46 heavy (non-hydrogen) atoms. The number of methoxy groups -OCH3 is 2. The second kappa shape index (κ2) is 12.3. The lowest BCUT2D eigenvalue weighted by molar-refractivity contribution is -0.137. The van der Waals surface area contributed by atoms with E-state index in [1.807, 2.05) is 0 Å². The van der Waals surface area contributed by atoms with E-state index >= 15 is 0 Å². The molecule has 2 aliphatic rings. The first-order valence-corrected chi connectivity index (χ1v) is 16.1. The summed E-state index contributed by atoms with van der Waals surface area (Å²) in [5.41, 5.74) is -0.0422. The number of aromatic nitrogens is 1. The zero-order valence-corrected chi connectivity index (χ0v) is 27.2. The third-order valence-electron chi connectivity index (χ3n) is 7.68. The number of halogens is 4. The maximum Gasteiger partial charge on any atom is 0.416 e. The molecule has 2 aliphatic heterocycles. The maximum absolute atomic E-state index is 14.1. The summed E-state index contributed by atoms with van der Waals surface area (Å²) in [4.78, 5) is 55.6. The number of hydrogen-bond acceptors (Lipinski definition) is 8. The molecular formula is C31H23BrF3N3O6S2. The van der Waals surface area contributed by atoms with Gasteiger partial charge in [-0.15, -0.1) is 0 Å². The molecule has 0 radical (unpaired) electrons. The minimum absolute atomic E-state index is 0.0883. The molecule has 0 spiro atoms. The number of ether oxygens (including phenoxy) is 2. The van der Waals surface area contributed by atoms with Crippen molar-refractivity contribution < 1.29 is 37.0 Å². The van der Waals surface area contributed by atoms with Crippen LogP contribution in [0.2, 0.25) is 0 Å². The van der Waals surface area contributed by atoms with Crippen LogP contribution in [0, 0.1) is 5.92 Å². The summed E-state index contributed by atoms with van der Waals surface area (Å²) < 4.78 is 52.5. The topological polar surface area (TPSA) is 107 Å². The van der Waals surface area contributed by atoms with Crippen LogP contribution in [0.15, 0.2) is 81.0 Å². The normalized spacial score (nSPS) is 19.1. The van der Waals surface area contributed by atoms with Gasteiger partial charge in [0.1, 0.15) is 11.8 Å². The monoisotopic (exact) mass is 733 g/mol. The minimum atomic E-state index is -4.61. The number of thioether (sulfide) groups is 1. The molecule has 15 heteroatoms. The first-order valence-electron chi connectivity index (χ1n) is 13.6. The van der Waals surface area contributed by atoms with E-state index in [0.717, 1.165) is 44.6 Å². The van der Waals surface area contributed by atoms with Crippen molar-refractivity contribution >= 4 is 68.1 Å². The molecule has 0 saturated carbocycles. The summed E-state index contributed by atoms with van der Waals surface area (Å²) in [6.45, 7) is -0.525. The second-order valence-electron chi connectivity index (χ2n) is 10.4. The number of fused-ring (bicyclic) bond motifs is 2. The van der Waals surface area contributed by atoms with Gasteiger partial charge in [0.15, 0.2) is 11.5 Å². The van der Waals surface area contributed by atoms with Gasteiger partial charge in [-0.1, -0.05) is 51.2 Å². The van der Waals surface area contributed by atoms with E-state index < -0.39 is 58.0 Å². The minimum Gasteiger partial charge on any atom is -0.493 e. The van der Waals surface area contributed by atoms with Crippen molar-refractivity contribution in [3.05, 3.63) is 96.9 Å². The number of rotatable bonds is 7. The molecule has 2 unspecified atom stereocenters. The van der Waals surface area contributed by atoms with Gasteiger partial charge in [-0.05, 0) is 60.2 Å². The molecule has 0 aliphatic carbocycles. The predicted octanol–water partition coefficient (Wildman–Crippen LogP) is 6.14. The second-order valence-corrected chi connectivity index (χ2v) is 13.4. The smallest absolute Gasteiger partial charge is 0.416 e. The number of hydrogen-bond donors (Lipinski definition) is 1. The number of imide groups is 1.